The first-order chi connectivity index (χ1) is 11.6. The largest absolute Gasteiger partial charge is 0.346 e. The molecule has 0 unspecified atom stereocenters. The molecule has 1 N–H and O–H groups in total. The molecule has 5 heteroatoms. The zero-order valence-corrected chi connectivity index (χ0v) is 13.7. The molecule has 0 saturated heterocycles. The van der Waals surface area contributed by atoms with Crippen molar-refractivity contribution in [3.8, 4) is 0 Å². The van der Waals surface area contributed by atoms with Crippen LogP contribution < -0.4 is 5.32 Å². The van der Waals surface area contributed by atoms with E-state index in [1.165, 1.54) is 16.3 Å². The van der Waals surface area contributed by atoms with Crippen molar-refractivity contribution in [1.82, 2.24) is 15.5 Å². The molecule has 122 valence electrons. The smallest absolute Gasteiger partial charge is 0.224 e. The monoisotopic (exact) mass is 321 g/mol. The lowest BCUT2D eigenvalue weighted by molar-refractivity contribution is -0.123. The zero-order valence-electron chi connectivity index (χ0n) is 13.7. The van der Waals surface area contributed by atoms with Gasteiger partial charge in [0.15, 0.2) is 5.82 Å². The molecule has 3 aromatic rings. The number of nitrogens with one attached hydrogen (secondary N) is 1. The van der Waals surface area contributed by atoms with Crippen molar-refractivity contribution in [3.63, 3.8) is 0 Å². The summed E-state index contributed by atoms with van der Waals surface area (Å²) in [5.74, 6) is 1.39. The van der Waals surface area contributed by atoms with Crippen LogP contribution in [-0.2, 0) is 4.79 Å². The van der Waals surface area contributed by atoms with E-state index in [9.17, 15) is 4.79 Å². The molecular weight excluding hydrogens is 302 g/mol. The highest BCUT2D eigenvalue weighted by molar-refractivity contribution is 5.89. The lowest BCUT2D eigenvalue weighted by atomic mass is 10.00. The van der Waals surface area contributed by atoms with Gasteiger partial charge in [0.25, 0.3) is 0 Å². The highest BCUT2D eigenvalue weighted by atomic mass is 16.5. The van der Waals surface area contributed by atoms with Gasteiger partial charge in [-0.3, -0.25) is 4.79 Å². The van der Waals surface area contributed by atoms with Gasteiger partial charge in [-0.1, -0.05) is 47.6 Å². The fraction of sp³-hybridized carbons (Fsp3) is 0.316. The number of benzene rings is 2. The van der Waals surface area contributed by atoms with Gasteiger partial charge in [-0.2, -0.15) is 4.98 Å². The molecule has 2 aromatic carbocycles. The maximum absolute atomic E-state index is 12.5. The second-order valence-electron chi connectivity index (χ2n) is 6.42. The maximum Gasteiger partial charge on any atom is 0.224 e. The number of rotatable bonds is 4. The second-order valence-corrected chi connectivity index (χ2v) is 6.42. The van der Waals surface area contributed by atoms with Crippen LogP contribution in [0.25, 0.3) is 10.8 Å². The van der Waals surface area contributed by atoms with E-state index in [2.05, 4.69) is 45.8 Å². The Balaban J connectivity index is 1.48. The normalized spacial score (nSPS) is 20.8. The first-order valence-electron chi connectivity index (χ1n) is 8.21. The predicted octanol–water partition coefficient (Wildman–Crippen LogP) is 3.51. The Bertz CT molecular complexity index is 897. The van der Waals surface area contributed by atoms with Gasteiger partial charge in [0.1, 0.15) is 0 Å². The standard InChI is InChI=1S/C19H19N3O2/c1-11(18-21-12(2)24-22-18)20-19(23)17-10-16(17)15-9-5-7-13-6-3-4-8-14(13)15/h3-9,11,16-17H,10H2,1-2H3,(H,20,23)/t11-,16-,17-/m0/s1. The molecule has 3 atom stereocenters. The average Bonchev–Trinajstić information content (AvgIpc) is 3.27. The highest BCUT2D eigenvalue weighted by Gasteiger charge is 2.45. The SMILES string of the molecule is Cc1nc([C@H](C)NC(=O)[C@H]2C[C@H]2c2cccc3ccccc23)no1. The molecule has 1 fully saturated rings. The molecule has 1 aliphatic rings. The Hall–Kier alpha value is -2.69. The van der Waals surface area contributed by atoms with E-state index >= 15 is 0 Å². The van der Waals surface area contributed by atoms with E-state index in [-0.39, 0.29) is 23.8 Å². The fourth-order valence-electron chi connectivity index (χ4n) is 3.28. The predicted molar refractivity (Wildman–Crippen MR) is 90.4 cm³/mol. The quantitative estimate of drug-likeness (QED) is 0.798. The van der Waals surface area contributed by atoms with Crippen molar-refractivity contribution < 1.29 is 9.32 Å². The lowest BCUT2D eigenvalue weighted by Crippen LogP contribution is -2.29. The number of carbonyl (C=O) groups is 1. The Morgan fingerprint density at radius 3 is 2.83 bits per heavy atom. The van der Waals surface area contributed by atoms with Gasteiger partial charge in [-0.05, 0) is 35.6 Å². The Labute approximate surface area is 140 Å². The first-order valence-corrected chi connectivity index (χ1v) is 8.21. The molecule has 1 aromatic heterocycles. The molecule has 1 amide bonds. The van der Waals surface area contributed by atoms with Crippen molar-refractivity contribution in [2.24, 2.45) is 5.92 Å². The number of aryl methyl sites for hydroxylation is 1. The number of fused-ring (bicyclic) bond motifs is 1. The van der Waals surface area contributed by atoms with E-state index in [0.29, 0.717) is 11.7 Å². The molecule has 0 radical (unpaired) electrons. The van der Waals surface area contributed by atoms with Crippen molar-refractivity contribution in [2.45, 2.75) is 32.2 Å². The first kappa shape index (κ1) is 14.9. The van der Waals surface area contributed by atoms with Crippen LogP contribution in [0.5, 0.6) is 0 Å². The van der Waals surface area contributed by atoms with Gasteiger partial charge in [-0.15, -0.1) is 0 Å². The number of hydrogen-bond acceptors (Lipinski definition) is 4. The minimum absolute atomic E-state index is 0.0197. The molecule has 1 heterocycles. The maximum atomic E-state index is 12.5. The van der Waals surface area contributed by atoms with Crippen LogP contribution >= 0.6 is 0 Å². The topological polar surface area (TPSA) is 68.0 Å². The Morgan fingerprint density at radius 1 is 1.25 bits per heavy atom. The average molecular weight is 321 g/mol. The van der Waals surface area contributed by atoms with Gasteiger partial charge in [0, 0.05) is 12.8 Å². The van der Waals surface area contributed by atoms with Gasteiger partial charge in [0.05, 0.1) is 6.04 Å². The van der Waals surface area contributed by atoms with Crippen LogP contribution in [0.2, 0.25) is 0 Å². The molecule has 24 heavy (non-hydrogen) atoms. The van der Waals surface area contributed by atoms with Gasteiger partial charge in [0.2, 0.25) is 11.8 Å². The minimum atomic E-state index is -0.247. The third kappa shape index (κ3) is 2.66. The summed E-state index contributed by atoms with van der Waals surface area (Å²) in [5.41, 5.74) is 1.26. The number of amides is 1. The fourth-order valence-corrected chi connectivity index (χ4v) is 3.28. The molecule has 4 rings (SSSR count). The lowest BCUT2D eigenvalue weighted by Gasteiger charge is -2.10. The molecule has 1 aliphatic carbocycles. The van der Waals surface area contributed by atoms with Gasteiger partial charge < -0.3 is 9.84 Å². The Morgan fingerprint density at radius 2 is 2.04 bits per heavy atom. The third-order valence-electron chi connectivity index (χ3n) is 4.64. The summed E-state index contributed by atoms with van der Waals surface area (Å²) >= 11 is 0. The van der Waals surface area contributed by atoms with Crippen molar-refractivity contribution >= 4 is 16.7 Å². The number of carbonyl (C=O) groups excluding carboxylic acids is 1. The van der Waals surface area contributed by atoms with E-state index in [1.54, 1.807) is 6.92 Å². The van der Waals surface area contributed by atoms with E-state index in [4.69, 9.17) is 4.52 Å². The van der Waals surface area contributed by atoms with Crippen molar-refractivity contribution in [3.05, 3.63) is 59.7 Å². The molecular formula is C19H19N3O2. The van der Waals surface area contributed by atoms with Crippen LogP contribution in [0.3, 0.4) is 0 Å². The molecule has 0 spiro atoms. The molecule has 1 saturated carbocycles. The van der Waals surface area contributed by atoms with Crippen molar-refractivity contribution in [2.75, 3.05) is 0 Å². The number of nitrogens with zero attached hydrogens (tertiary/aromatic N) is 2. The zero-order chi connectivity index (χ0) is 16.7. The molecule has 0 aliphatic heterocycles. The molecule has 0 bridgehead atoms. The van der Waals surface area contributed by atoms with E-state index in [0.717, 1.165) is 6.42 Å². The summed E-state index contributed by atoms with van der Waals surface area (Å²) < 4.78 is 4.97. The second kappa shape index (κ2) is 5.74. The van der Waals surface area contributed by atoms with Gasteiger partial charge in [-0.25, -0.2) is 0 Å². The van der Waals surface area contributed by atoms with Gasteiger partial charge >= 0.3 is 0 Å². The summed E-state index contributed by atoms with van der Waals surface area (Å²) in [6, 6.07) is 14.4. The summed E-state index contributed by atoms with van der Waals surface area (Å²) in [6.45, 7) is 3.61. The minimum Gasteiger partial charge on any atom is -0.346 e. The summed E-state index contributed by atoms with van der Waals surface area (Å²) in [4.78, 5) is 16.7. The number of aromatic nitrogens is 2. The van der Waals surface area contributed by atoms with Crippen LogP contribution in [0.4, 0.5) is 0 Å². The third-order valence-corrected chi connectivity index (χ3v) is 4.64. The van der Waals surface area contributed by atoms with E-state index in [1.807, 2.05) is 19.1 Å². The van der Waals surface area contributed by atoms with Crippen molar-refractivity contribution in [1.29, 1.82) is 0 Å². The summed E-state index contributed by atoms with van der Waals surface area (Å²) in [7, 11) is 0. The van der Waals surface area contributed by atoms with Crippen LogP contribution in [0, 0.1) is 12.8 Å². The highest BCUT2D eigenvalue weighted by Crippen LogP contribution is 2.49. The van der Waals surface area contributed by atoms with Crippen LogP contribution in [0.1, 0.15) is 42.6 Å². The Kier molecular flexibility index (Phi) is 3.56. The van der Waals surface area contributed by atoms with Crippen LogP contribution in [-0.4, -0.2) is 16.0 Å². The summed E-state index contributed by atoms with van der Waals surface area (Å²) in [5, 5.41) is 9.32. The summed E-state index contributed by atoms with van der Waals surface area (Å²) in [6.07, 6.45) is 0.887. The van der Waals surface area contributed by atoms with E-state index < -0.39 is 0 Å². The number of hydrogen-bond donors (Lipinski definition) is 1. The van der Waals surface area contributed by atoms with Crippen LogP contribution in [0.15, 0.2) is 47.0 Å². The molecule has 5 nitrogen and oxygen atoms in total.